The van der Waals surface area contributed by atoms with Crippen LogP contribution in [-0.4, -0.2) is 45.4 Å². The summed E-state index contributed by atoms with van der Waals surface area (Å²) in [5.74, 6) is -0.417. The van der Waals surface area contributed by atoms with E-state index in [-0.39, 0.29) is 18.0 Å². The Morgan fingerprint density at radius 3 is 2.48 bits per heavy atom. The summed E-state index contributed by atoms with van der Waals surface area (Å²) in [7, 11) is -2.37. The SMILES string of the molecule is COCCNC(=O)CN(Cc1ccccc1Cl)S(=O)(=O)c1ccc(Br)cc1. The number of benzene rings is 2. The van der Waals surface area contributed by atoms with E-state index >= 15 is 0 Å². The van der Waals surface area contributed by atoms with Crippen molar-refractivity contribution < 1.29 is 17.9 Å². The minimum Gasteiger partial charge on any atom is -0.383 e. The molecule has 0 saturated heterocycles. The number of nitrogens with zero attached hydrogens (tertiary/aromatic N) is 1. The van der Waals surface area contributed by atoms with Gasteiger partial charge in [0.1, 0.15) is 0 Å². The normalized spacial score (nSPS) is 11.6. The fourth-order valence-electron chi connectivity index (χ4n) is 2.31. The van der Waals surface area contributed by atoms with Gasteiger partial charge in [-0.1, -0.05) is 45.7 Å². The number of hydrogen-bond acceptors (Lipinski definition) is 4. The molecule has 0 aliphatic rings. The molecule has 2 aromatic carbocycles. The minimum atomic E-state index is -3.90. The molecule has 27 heavy (non-hydrogen) atoms. The molecule has 0 radical (unpaired) electrons. The van der Waals surface area contributed by atoms with E-state index in [1.807, 2.05) is 0 Å². The van der Waals surface area contributed by atoms with Gasteiger partial charge in [0.05, 0.1) is 18.0 Å². The third-order valence-electron chi connectivity index (χ3n) is 3.70. The summed E-state index contributed by atoms with van der Waals surface area (Å²) < 4.78 is 32.9. The van der Waals surface area contributed by atoms with E-state index in [9.17, 15) is 13.2 Å². The van der Waals surface area contributed by atoms with Gasteiger partial charge >= 0.3 is 0 Å². The molecule has 0 saturated carbocycles. The first-order valence-corrected chi connectivity index (χ1v) is 10.7. The summed E-state index contributed by atoms with van der Waals surface area (Å²) in [6, 6.07) is 13.2. The second-order valence-electron chi connectivity index (χ2n) is 5.66. The van der Waals surface area contributed by atoms with Crippen molar-refractivity contribution >= 4 is 43.5 Å². The molecule has 2 aromatic rings. The smallest absolute Gasteiger partial charge is 0.243 e. The lowest BCUT2D eigenvalue weighted by atomic mass is 10.2. The Balaban J connectivity index is 2.29. The Morgan fingerprint density at radius 2 is 1.85 bits per heavy atom. The van der Waals surface area contributed by atoms with E-state index in [2.05, 4.69) is 21.2 Å². The van der Waals surface area contributed by atoms with E-state index in [1.54, 1.807) is 36.4 Å². The average Bonchev–Trinajstić information content (AvgIpc) is 2.63. The average molecular weight is 476 g/mol. The molecule has 0 bridgehead atoms. The number of methoxy groups -OCH3 is 1. The predicted molar refractivity (Wildman–Crippen MR) is 108 cm³/mol. The highest BCUT2D eigenvalue weighted by Crippen LogP contribution is 2.23. The highest BCUT2D eigenvalue weighted by Gasteiger charge is 2.27. The molecule has 9 heteroatoms. The van der Waals surface area contributed by atoms with Crippen molar-refractivity contribution in [1.29, 1.82) is 0 Å². The summed E-state index contributed by atoms with van der Waals surface area (Å²) in [5.41, 5.74) is 0.615. The van der Waals surface area contributed by atoms with Gasteiger partial charge in [0.15, 0.2) is 0 Å². The summed E-state index contributed by atoms with van der Waals surface area (Å²) in [6.45, 7) is 0.298. The summed E-state index contributed by atoms with van der Waals surface area (Å²) >= 11 is 9.47. The molecule has 0 aromatic heterocycles. The number of ether oxygens (including phenoxy) is 1. The van der Waals surface area contributed by atoms with Crippen molar-refractivity contribution in [3.05, 3.63) is 63.6 Å². The third-order valence-corrected chi connectivity index (χ3v) is 6.41. The van der Waals surface area contributed by atoms with Crippen molar-refractivity contribution in [2.24, 2.45) is 0 Å². The van der Waals surface area contributed by atoms with Crippen molar-refractivity contribution in [2.75, 3.05) is 26.8 Å². The molecule has 0 heterocycles. The Kier molecular flexibility index (Phi) is 8.25. The molecular weight excluding hydrogens is 456 g/mol. The van der Waals surface area contributed by atoms with E-state index in [0.29, 0.717) is 23.7 Å². The lowest BCUT2D eigenvalue weighted by Crippen LogP contribution is -2.41. The van der Waals surface area contributed by atoms with Crippen LogP contribution in [0.3, 0.4) is 0 Å². The largest absolute Gasteiger partial charge is 0.383 e. The molecular formula is C18H20BrClN2O4S. The van der Waals surface area contributed by atoms with E-state index in [0.717, 1.165) is 8.78 Å². The van der Waals surface area contributed by atoms with Gasteiger partial charge in [-0.05, 0) is 35.9 Å². The van der Waals surface area contributed by atoms with Crippen LogP contribution in [0.25, 0.3) is 0 Å². The van der Waals surface area contributed by atoms with Crippen molar-refractivity contribution in [3.8, 4) is 0 Å². The van der Waals surface area contributed by atoms with E-state index in [1.165, 1.54) is 19.2 Å². The van der Waals surface area contributed by atoms with Crippen molar-refractivity contribution in [1.82, 2.24) is 9.62 Å². The number of carbonyl (C=O) groups is 1. The zero-order valence-electron chi connectivity index (χ0n) is 14.7. The molecule has 0 spiro atoms. The lowest BCUT2D eigenvalue weighted by molar-refractivity contribution is -0.121. The minimum absolute atomic E-state index is 0.0181. The van der Waals surface area contributed by atoms with Gasteiger partial charge in [0.25, 0.3) is 0 Å². The van der Waals surface area contributed by atoms with Crippen LogP contribution in [-0.2, 0) is 26.1 Å². The number of amides is 1. The van der Waals surface area contributed by atoms with Gasteiger partial charge in [-0.25, -0.2) is 8.42 Å². The first-order valence-electron chi connectivity index (χ1n) is 8.09. The fourth-order valence-corrected chi connectivity index (χ4v) is 4.14. The number of hydrogen-bond donors (Lipinski definition) is 1. The van der Waals surface area contributed by atoms with E-state index in [4.69, 9.17) is 16.3 Å². The molecule has 0 atom stereocenters. The van der Waals surface area contributed by atoms with Crippen LogP contribution in [0.15, 0.2) is 57.9 Å². The van der Waals surface area contributed by atoms with Crippen LogP contribution in [0, 0.1) is 0 Å². The van der Waals surface area contributed by atoms with Crippen molar-refractivity contribution in [2.45, 2.75) is 11.4 Å². The van der Waals surface area contributed by atoms with Gasteiger partial charge in [0.2, 0.25) is 15.9 Å². The maximum atomic E-state index is 13.1. The molecule has 146 valence electrons. The highest BCUT2D eigenvalue weighted by molar-refractivity contribution is 9.10. The Morgan fingerprint density at radius 1 is 1.19 bits per heavy atom. The maximum absolute atomic E-state index is 13.1. The topological polar surface area (TPSA) is 75.7 Å². The predicted octanol–water partition coefficient (Wildman–Crippen LogP) is 3.06. The van der Waals surface area contributed by atoms with Crippen LogP contribution in [0.2, 0.25) is 5.02 Å². The number of nitrogens with one attached hydrogen (secondary N) is 1. The maximum Gasteiger partial charge on any atom is 0.243 e. The molecule has 1 N–H and O–H groups in total. The standard InChI is InChI=1S/C18H20BrClN2O4S/c1-26-11-10-21-18(23)13-22(12-14-4-2-3-5-17(14)20)27(24,25)16-8-6-15(19)7-9-16/h2-9H,10-13H2,1H3,(H,21,23). The lowest BCUT2D eigenvalue weighted by Gasteiger charge is -2.22. The van der Waals surface area contributed by atoms with Crippen LogP contribution in [0.4, 0.5) is 0 Å². The second-order valence-corrected chi connectivity index (χ2v) is 8.92. The fraction of sp³-hybridized carbons (Fsp3) is 0.278. The van der Waals surface area contributed by atoms with Gasteiger partial charge < -0.3 is 10.1 Å². The zero-order valence-corrected chi connectivity index (χ0v) is 17.9. The molecule has 0 unspecified atom stereocenters. The quantitative estimate of drug-likeness (QED) is 0.566. The summed E-state index contributed by atoms with van der Waals surface area (Å²) in [5, 5.41) is 3.07. The molecule has 1 amide bonds. The third kappa shape index (κ3) is 6.29. The monoisotopic (exact) mass is 474 g/mol. The zero-order chi connectivity index (χ0) is 19.9. The first-order chi connectivity index (χ1) is 12.8. The molecule has 0 fully saturated rings. The summed E-state index contributed by atoms with van der Waals surface area (Å²) in [6.07, 6.45) is 0. The molecule has 0 aliphatic carbocycles. The van der Waals surface area contributed by atoms with Gasteiger partial charge in [-0.3, -0.25) is 4.79 Å². The highest BCUT2D eigenvalue weighted by atomic mass is 79.9. The van der Waals surface area contributed by atoms with Gasteiger partial charge in [0, 0.05) is 29.7 Å². The number of halogens is 2. The second kappa shape index (κ2) is 10.2. The van der Waals surface area contributed by atoms with E-state index < -0.39 is 15.9 Å². The molecule has 2 rings (SSSR count). The summed E-state index contributed by atoms with van der Waals surface area (Å²) in [4.78, 5) is 12.3. The van der Waals surface area contributed by atoms with Crippen LogP contribution in [0.5, 0.6) is 0 Å². The Hall–Kier alpha value is -1.45. The molecule has 6 nitrogen and oxygen atoms in total. The van der Waals surface area contributed by atoms with Crippen molar-refractivity contribution in [3.63, 3.8) is 0 Å². The van der Waals surface area contributed by atoms with Gasteiger partial charge in [-0.2, -0.15) is 4.31 Å². The van der Waals surface area contributed by atoms with Crippen LogP contribution >= 0.6 is 27.5 Å². The number of rotatable bonds is 9. The Labute approximate surface area is 172 Å². The van der Waals surface area contributed by atoms with Gasteiger partial charge in [-0.15, -0.1) is 0 Å². The number of carbonyl (C=O) groups excluding carboxylic acids is 1. The van der Waals surface area contributed by atoms with Crippen LogP contribution < -0.4 is 5.32 Å². The first kappa shape index (κ1) is 21.8. The van der Waals surface area contributed by atoms with Crippen LogP contribution in [0.1, 0.15) is 5.56 Å². The molecule has 0 aliphatic heterocycles. The Bertz CT molecular complexity index is 875. The number of sulfonamides is 1.